The van der Waals surface area contributed by atoms with Gasteiger partial charge in [0.1, 0.15) is 17.1 Å². The Balaban J connectivity index is 1.24. The van der Waals surface area contributed by atoms with Crippen LogP contribution in [0.2, 0.25) is 0 Å². The first-order valence-electron chi connectivity index (χ1n) is 18.0. The Morgan fingerprint density at radius 2 is 1.63 bits per heavy atom. The summed E-state index contributed by atoms with van der Waals surface area (Å²) in [6.45, 7) is 9.64. The summed E-state index contributed by atoms with van der Waals surface area (Å²) in [4.78, 5) is 28.4. The van der Waals surface area contributed by atoms with Gasteiger partial charge >= 0.3 is 6.18 Å². The van der Waals surface area contributed by atoms with E-state index in [2.05, 4.69) is 37.4 Å². The number of aromatic nitrogens is 2. The van der Waals surface area contributed by atoms with E-state index in [1.54, 1.807) is 24.1 Å². The van der Waals surface area contributed by atoms with Gasteiger partial charge in [-0.3, -0.25) is 9.69 Å². The molecule has 2 fully saturated rings. The molecule has 6 rings (SSSR count). The van der Waals surface area contributed by atoms with Gasteiger partial charge in [-0.25, -0.2) is 4.98 Å². The number of fused-ring (bicyclic) bond motifs is 1. The van der Waals surface area contributed by atoms with Crippen LogP contribution in [-0.2, 0) is 27.9 Å². The van der Waals surface area contributed by atoms with E-state index in [0.29, 0.717) is 49.0 Å². The molecule has 1 amide bonds. The molecule has 0 spiro atoms. The highest BCUT2D eigenvalue weighted by molar-refractivity contribution is 7.46. The lowest BCUT2D eigenvalue weighted by molar-refractivity contribution is -0.137. The van der Waals surface area contributed by atoms with Crippen molar-refractivity contribution in [3.8, 4) is 5.75 Å². The fraction of sp³-hybridized carbons (Fsp3) is 0.541. The second kappa shape index (κ2) is 16.6. The number of piperazine rings is 1. The summed E-state index contributed by atoms with van der Waals surface area (Å²) >= 11 is 0. The number of methoxy groups -OCH3 is 1. The monoisotopic (exact) mass is 743 g/mol. The van der Waals surface area contributed by atoms with Gasteiger partial charge in [0.2, 0.25) is 5.95 Å². The minimum absolute atomic E-state index is 0.0683. The largest absolute Gasteiger partial charge is 0.495 e. The highest BCUT2D eigenvalue weighted by Gasteiger charge is 2.38. The average molecular weight is 744 g/mol. The molecule has 3 aliphatic rings. The Bertz CT molecular complexity index is 1710. The maximum atomic E-state index is 14.3. The van der Waals surface area contributed by atoms with Crippen LogP contribution in [0.5, 0.6) is 5.75 Å². The third-order valence-electron chi connectivity index (χ3n) is 10.2. The summed E-state index contributed by atoms with van der Waals surface area (Å²) in [5.41, 5.74) is 3.03. The number of likely N-dealkylation sites (N-methyl/N-ethyl adjacent to an activating group) is 1. The van der Waals surface area contributed by atoms with Gasteiger partial charge in [-0.1, -0.05) is 12.1 Å². The molecular formula is C37H49F3N7O4P. The van der Waals surface area contributed by atoms with Crippen molar-refractivity contribution in [1.82, 2.24) is 24.7 Å². The number of nitrogens with zero attached hydrogens (tertiary/aromatic N) is 5. The van der Waals surface area contributed by atoms with Crippen molar-refractivity contribution >= 4 is 37.4 Å². The molecular weight excluding hydrogens is 694 g/mol. The van der Waals surface area contributed by atoms with Gasteiger partial charge in [0.15, 0.2) is 8.38 Å². The summed E-state index contributed by atoms with van der Waals surface area (Å²) in [6, 6.07) is 9.73. The first-order valence-corrected chi connectivity index (χ1v) is 19.4. The second-order valence-electron chi connectivity index (χ2n) is 13.6. The summed E-state index contributed by atoms with van der Waals surface area (Å²) in [6.07, 6.45) is 0.759. The molecule has 282 valence electrons. The number of alkyl halides is 3. The standard InChI is InChI=1S/C37H49F3N7O4P/c1-6-50-52(51-7-2)23-24-8-14-30(32(20-24)49-5)43-36-41-21-29(37(38,39)40)34(44-36)42-31-15-13-27(28-22-46(4)35(48)33(28)31)25-9-11-26(12-10-25)47-18-16-45(3)17-19-47/h8,13-15,20-21,25-26H,6-7,9-12,16-19,22-23H2,1-5H3,(H2,41,42,43,44)/t25-,26-. The van der Waals surface area contributed by atoms with Crippen LogP contribution >= 0.6 is 8.38 Å². The Morgan fingerprint density at radius 1 is 0.942 bits per heavy atom. The van der Waals surface area contributed by atoms with E-state index < -0.39 is 25.9 Å². The van der Waals surface area contributed by atoms with Gasteiger partial charge in [0.25, 0.3) is 5.91 Å². The quantitative estimate of drug-likeness (QED) is 0.169. The summed E-state index contributed by atoms with van der Waals surface area (Å²) in [5.74, 6) is -0.00402. The van der Waals surface area contributed by atoms with E-state index in [1.165, 1.54) is 7.11 Å². The third-order valence-corrected chi connectivity index (χ3v) is 11.9. The molecule has 2 aromatic carbocycles. The molecule has 2 aliphatic heterocycles. The lowest BCUT2D eigenvalue weighted by Gasteiger charge is -2.41. The number of ether oxygens (including phenoxy) is 1. The number of hydrogen-bond acceptors (Lipinski definition) is 10. The SMILES string of the molecule is CCOP(Cc1ccc(Nc2ncc(C(F)(F)F)c(Nc3ccc([C@H]4CC[C@H](N5CCN(C)CC5)CC4)c4c3C(=O)N(C)C4)n2)c(OC)c1)OCC. The van der Waals surface area contributed by atoms with Gasteiger partial charge < -0.3 is 34.2 Å². The maximum Gasteiger partial charge on any atom is 0.421 e. The molecule has 0 radical (unpaired) electrons. The third kappa shape index (κ3) is 8.63. The molecule has 0 bridgehead atoms. The number of hydrogen-bond donors (Lipinski definition) is 2. The zero-order valence-electron chi connectivity index (χ0n) is 30.6. The number of rotatable bonds is 13. The minimum Gasteiger partial charge on any atom is -0.495 e. The number of benzene rings is 2. The predicted molar refractivity (Wildman–Crippen MR) is 197 cm³/mol. The van der Waals surface area contributed by atoms with E-state index in [0.717, 1.165) is 74.7 Å². The molecule has 3 heterocycles. The molecule has 1 saturated heterocycles. The van der Waals surface area contributed by atoms with Crippen molar-refractivity contribution in [1.29, 1.82) is 0 Å². The van der Waals surface area contributed by atoms with Crippen molar-refractivity contribution in [2.24, 2.45) is 0 Å². The van der Waals surface area contributed by atoms with Gasteiger partial charge in [-0.15, -0.1) is 0 Å². The van der Waals surface area contributed by atoms with E-state index in [1.807, 2.05) is 32.0 Å². The van der Waals surface area contributed by atoms with Gasteiger partial charge in [0, 0.05) is 58.2 Å². The first-order chi connectivity index (χ1) is 25.0. The van der Waals surface area contributed by atoms with Crippen LogP contribution in [0.1, 0.15) is 78.1 Å². The zero-order valence-corrected chi connectivity index (χ0v) is 31.4. The highest BCUT2D eigenvalue weighted by atomic mass is 31.2. The minimum atomic E-state index is -4.74. The van der Waals surface area contributed by atoms with Gasteiger partial charge in [-0.05, 0) is 87.4 Å². The van der Waals surface area contributed by atoms with E-state index >= 15 is 0 Å². The van der Waals surface area contributed by atoms with Crippen LogP contribution in [0, 0.1) is 0 Å². The van der Waals surface area contributed by atoms with Crippen LogP contribution in [0.15, 0.2) is 36.5 Å². The predicted octanol–water partition coefficient (Wildman–Crippen LogP) is 7.74. The lowest BCUT2D eigenvalue weighted by atomic mass is 9.78. The molecule has 15 heteroatoms. The van der Waals surface area contributed by atoms with Gasteiger partial charge in [-0.2, -0.15) is 18.2 Å². The number of halogens is 3. The van der Waals surface area contributed by atoms with E-state index in [-0.39, 0.29) is 23.5 Å². The zero-order chi connectivity index (χ0) is 37.0. The Hall–Kier alpha value is -3.55. The summed E-state index contributed by atoms with van der Waals surface area (Å²) < 4.78 is 60.1. The number of carbonyl (C=O) groups is 1. The van der Waals surface area contributed by atoms with Crippen LogP contribution < -0.4 is 15.4 Å². The fourth-order valence-corrected chi connectivity index (χ4v) is 8.83. The second-order valence-corrected chi connectivity index (χ2v) is 15.1. The molecule has 0 atom stereocenters. The summed E-state index contributed by atoms with van der Waals surface area (Å²) in [7, 11) is 4.28. The number of anilines is 4. The van der Waals surface area contributed by atoms with E-state index in [9.17, 15) is 18.0 Å². The Kier molecular flexibility index (Phi) is 12.2. The van der Waals surface area contributed by atoms with Crippen molar-refractivity contribution in [2.45, 2.75) is 70.4 Å². The molecule has 1 saturated carbocycles. The Morgan fingerprint density at radius 3 is 2.29 bits per heavy atom. The number of nitrogens with one attached hydrogen (secondary N) is 2. The first kappa shape index (κ1) is 38.2. The average Bonchev–Trinajstić information content (AvgIpc) is 3.43. The van der Waals surface area contributed by atoms with Crippen molar-refractivity contribution in [3.05, 3.63) is 64.3 Å². The van der Waals surface area contributed by atoms with Crippen LogP contribution in [-0.4, -0.2) is 97.2 Å². The Labute approximate surface area is 305 Å². The number of amides is 1. The van der Waals surface area contributed by atoms with Crippen LogP contribution in [0.25, 0.3) is 0 Å². The summed E-state index contributed by atoms with van der Waals surface area (Å²) in [5, 5.41) is 5.91. The molecule has 2 N–H and O–H groups in total. The van der Waals surface area contributed by atoms with Crippen molar-refractivity contribution in [3.63, 3.8) is 0 Å². The molecule has 11 nitrogen and oxygen atoms in total. The van der Waals surface area contributed by atoms with E-state index in [4.69, 9.17) is 13.8 Å². The smallest absolute Gasteiger partial charge is 0.421 e. The highest BCUT2D eigenvalue weighted by Crippen LogP contribution is 2.45. The molecule has 1 aliphatic carbocycles. The molecule has 52 heavy (non-hydrogen) atoms. The fourth-order valence-electron chi connectivity index (χ4n) is 7.50. The van der Waals surface area contributed by atoms with Crippen molar-refractivity contribution in [2.75, 3.05) is 71.2 Å². The normalized spacial score (nSPS) is 20.0. The van der Waals surface area contributed by atoms with Crippen LogP contribution in [0.3, 0.4) is 0 Å². The lowest BCUT2D eigenvalue weighted by Crippen LogP contribution is -2.49. The van der Waals surface area contributed by atoms with Gasteiger partial charge in [0.05, 0.1) is 37.3 Å². The molecule has 3 aromatic rings. The molecule has 1 aromatic heterocycles. The maximum absolute atomic E-state index is 14.3. The molecule has 0 unspecified atom stereocenters. The topological polar surface area (TPSA) is 104 Å². The van der Waals surface area contributed by atoms with Crippen LogP contribution in [0.4, 0.5) is 36.3 Å². The van der Waals surface area contributed by atoms with Crippen molar-refractivity contribution < 1.29 is 31.8 Å². The number of carbonyl (C=O) groups excluding carboxylic acids is 1.